The lowest BCUT2D eigenvalue weighted by Gasteiger charge is -2.35. The van der Waals surface area contributed by atoms with Crippen LogP contribution >= 0.6 is 0 Å². The second-order valence-corrected chi connectivity index (χ2v) is 5.66. The summed E-state index contributed by atoms with van der Waals surface area (Å²) in [4.78, 5) is 0. The van der Waals surface area contributed by atoms with Gasteiger partial charge in [0, 0.05) is 18.2 Å². The molecule has 0 saturated heterocycles. The monoisotopic (exact) mass is 243 g/mol. The molecule has 1 nitrogen and oxygen atoms in total. The second kappa shape index (κ2) is 3.93. The zero-order valence-electron chi connectivity index (χ0n) is 10.2. The fraction of sp³-hybridized carbons (Fsp3) is 0.538. The maximum absolute atomic E-state index is 13.6. The van der Waals surface area contributed by atoms with Gasteiger partial charge in [-0.3, -0.25) is 0 Å². The molecule has 1 atom stereocenters. The first-order chi connectivity index (χ1) is 7.80. The molecule has 1 aliphatic rings. The number of hydrogen-bond donors (Lipinski definition) is 1. The third-order valence-corrected chi connectivity index (χ3v) is 3.47. The fourth-order valence-corrected chi connectivity index (χ4v) is 2.17. The van der Waals surface area contributed by atoms with Crippen LogP contribution in [0.2, 0.25) is 0 Å². The second-order valence-electron chi connectivity index (χ2n) is 5.66. The minimum atomic E-state index is -1.14. The van der Waals surface area contributed by atoms with Gasteiger partial charge in [-0.1, -0.05) is 20.8 Å². The van der Waals surface area contributed by atoms with Gasteiger partial charge >= 0.3 is 0 Å². The van der Waals surface area contributed by atoms with Crippen molar-refractivity contribution in [1.82, 2.24) is 0 Å². The quantitative estimate of drug-likeness (QED) is 0.684. The fourth-order valence-electron chi connectivity index (χ4n) is 2.17. The van der Waals surface area contributed by atoms with Crippen LogP contribution in [0.4, 0.5) is 18.9 Å². The molecule has 0 radical (unpaired) electrons. The first-order valence-electron chi connectivity index (χ1n) is 5.71. The molecule has 1 heterocycles. The summed E-state index contributed by atoms with van der Waals surface area (Å²) in [7, 11) is 0. The van der Waals surface area contributed by atoms with Gasteiger partial charge in [0.05, 0.1) is 5.69 Å². The molecular formula is C13H16F3N. The number of rotatable bonds is 0. The smallest absolute Gasteiger partial charge is 0.182 e. The van der Waals surface area contributed by atoms with Crippen molar-refractivity contribution in [1.29, 1.82) is 0 Å². The highest BCUT2D eigenvalue weighted by atomic mass is 19.2. The molecule has 1 N–H and O–H groups in total. The molecule has 0 bridgehead atoms. The highest BCUT2D eigenvalue weighted by molar-refractivity contribution is 5.55. The van der Waals surface area contributed by atoms with Gasteiger partial charge in [0.2, 0.25) is 0 Å². The summed E-state index contributed by atoms with van der Waals surface area (Å²) in [5, 5.41) is 2.81. The van der Waals surface area contributed by atoms with Crippen molar-refractivity contribution in [3.63, 3.8) is 0 Å². The number of fused-ring (bicyclic) bond motifs is 1. The lowest BCUT2D eigenvalue weighted by atomic mass is 9.75. The Bertz CT molecular complexity index is 449. The Hall–Kier alpha value is -1.19. The SMILES string of the molecule is CC(C)(C)C1CNc2c(F)c(F)cc(F)c2C1. The van der Waals surface area contributed by atoms with Crippen LogP contribution in [0, 0.1) is 28.8 Å². The Balaban J connectivity index is 2.43. The molecule has 1 aromatic carbocycles. The molecule has 94 valence electrons. The summed E-state index contributed by atoms with van der Waals surface area (Å²) in [6.45, 7) is 6.71. The van der Waals surface area contributed by atoms with Crippen LogP contribution in [-0.2, 0) is 6.42 Å². The van der Waals surface area contributed by atoms with Crippen LogP contribution < -0.4 is 5.32 Å². The predicted molar refractivity (Wildman–Crippen MR) is 61.5 cm³/mol. The van der Waals surface area contributed by atoms with E-state index in [0.29, 0.717) is 19.0 Å². The Morgan fingerprint density at radius 2 is 1.82 bits per heavy atom. The largest absolute Gasteiger partial charge is 0.382 e. The van der Waals surface area contributed by atoms with Gasteiger partial charge in [0.1, 0.15) is 5.82 Å². The molecule has 1 aliphatic heterocycles. The van der Waals surface area contributed by atoms with Gasteiger partial charge in [-0.25, -0.2) is 13.2 Å². The highest BCUT2D eigenvalue weighted by Crippen LogP contribution is 2.37. The topological polar surface area (TPSA) is 12.0 Å². The van der Waals surface area contributed by atoms with Crippen LogP contribution in [0.25, 0.3) is 0 Å². The van der Waals surface area contributed by atoms with E-state index in [1.54, 1.807) is 0 Å². The molecule has 0 aromatic heterocycles. The Morgan fingerprint density at radius 1 is 1.18 bits per heavy atom. The summed E-state index contributed by atoms with van der Waals surface area (Å²) < 4.78 is 40.2. The van der Waals surface area contributed by atoms with Crippen LogP contribution in [0.3, 0.4) is 0 Å². The first-order valence-corrected chi connectivity index (χ1v) is 5.71. The third kappa shape index (κ3) is 2.13. The van der Waals surface area contributed by atoms with E-state index in [9.17, 15) is 13.2 Å². The van der Waals surface area contributed by atoms with E-state index >= 15 is 0 Å². The van der Waals surface area contributed by atoms with Crippen LogP contribution in [0.1, 0.15) is 26.3 Å². The average molecular weight is 243 g/mol. The van der Waals surface area contributed by atoms with Crippen molar-refractivity contribution in [2.45, 2.75) is 27.2 Å². The maximum Gasteiger partial charge on any atom is 0.182 e. The van der Waals surface area contributed by atoms with E-state index < -0.39 is 17.5 Å². The number of benzene rings is 1. The normalized spacial score (nSPS) is 19.8. The van der Waals surface area contributed by atoms with E-state index in [2.05, 4.69) is 26.1 Å². The summed E-state index contributed by atoms with van der Waals surface area (Å²) in [5.41, 5.74) is 0.250. The minimum absolute atomic E-state index is 0.00198. The van der Waals surface area contributed by atoms with E-state index in [1.165, 1.54) is 0 Å². The molecule has 4 heteroatoms. The highest BCUT2D eigenvalue weighted by Gasteiger charge is 2.32. The minimum Gasteiger partial charge on any atom is -0.382 e. The Kier molecular flexibility index (Phi) is 2.84. The number of nitrogens with one attached hydrogen (secondary N) is 1. The van der Waals surface area contributed by atoms with Gasteiger partial charge in [0.25, 0.3) is 0 Å². The molecule has 0 aliphatic carbocycles. The lowest BCUT2D eigenvalue weighted by molar-refractivity contribution is 0.244. The van der Waals surface area contributed by atoms with Crippen molar-refractivity contribution in [2.75, 3.05) is 11.9 Å². The van der Waals surface area contributed by atoms with Crippen LogP contribution in [0.15, 0.2) is 6.07 Å². The van der Waals surface area contributed by atoms with E-state index in [0.717, 1.165) is 0 Å². The predicted octanol–water partition coefficient (Wildman–Crippen LogP) is 3.73. The lowest BCUT2D eigenvalue weighted by Crippen LogP contribution is -2.34. The van der Waals surface area contributed by atoms with Crippen molar-refractivity contribution in [2.24, 2.45) is 11.3 Å². The van der Waals surface area contributed by atoms with Crippen LogP contribution in [-0.4, -0.2) is 6.54 Å². The molecule has 0 spiro atoms. The summed E-state index contributed by atoms with van der Waals surface area (Å²) in [5.74, 6) is -2.58. The average Bonchev–Trinajstić information content (AvgIpc) is 2.24. The summed E-state index contributed by atoms with van der Waals surface area (Å²) in [6, 6.07) is 0.626. The standard InChI is InChI=1S/C13H16F3N/c1-13(2,3)7-4-8-9(14)5-10(15)11(16)12(8)17-6-7/h5,7,17H,4,6H2,1-3H3. The van der Waals surface area contributed by atoms with Gasteiger partial charge < -0.3 is 5.32 Å². The van der Waals surface area contributed by atoms with Crippen molar-refractivity contribution in [3.8, 4) is 0 Å². The zero-order valence-corrected chi connectivity index (χ0v) is 10.2. The van der Waals surface area contributed by atoms with E-state index in [-0.39, 0.29) is 22.6 Å². The van der Waals surface area contributed by atoms with Gasteiger partial charge in [-0.05, 0) is 17.8 Å². The molecule has 1 aromatic rings. The molecule has 1 unspecified atom stereocenters. The molecule has 2 rings (SSSR count). The van der Waals surface area contributed by atoms with E-state index in [1.807, 2.05) is 0 Å². The number of anilines is 1. The maximum atomic E-state index is 13.6. The third-order valence-electron chi connectivity index (χ3n) is 3.47. The summed E-state index contributed by atoms with van der Waals surface area (Å²) in [6.07, 6.45) is 0.439. The summed E-state index contributed by atoms with van der Waals surface area (Å²) >= 11 is 0. The molecule has 0 fully saturated rings. The van der Waals surface area contributed by atoms with E-state index in [4.69, 9.17) is 0 Å². The molecule has 0 amide bonds. The van der Waals surface area contributed by atoms with Crippen LogP contribution in [0.5, 0.6) is 0 Å². The molecule has 17 heavy (non-hydrogen) atoms. The number of hydrogen-bond acceptors (Lipinski definition) is 1. The molecular weight excluding hydrogens is 227 g/mol. The number of halogens is 3. The zero-order chi connectivity index (χ0) is 12.8. The van der Waals surface area contributed by atoms with Gasteiger partial charge in [0.15, 0.2) is 11.6 Å². The van der Waals surface area contributed by atoms with Gasteiger partial charge in [-0.15, -0.1) is 0 Å². The van der Waals surface area contributed by atoms with Gasteiger partial charge in [-0.2, -0.15) is 0 Å². The van der Waals surface area contributed by atoms with Crippen molar-refractivity contribution < 1.29 is 13.2 Å². The first kappa shape index (κ1) is 12.3. The van der Waals surface area contributed by atoms with Crippen molar-refractivity contribution in [3.05, 3.63) is 29.1 Å². The molecule has 0 saturated carbocycles. The Morgan fingerprint density at radius 3 is 2.41 bits per heavy atom. The Labute approximate surface area is 99.0 Å². The van der Waals surface area contributed by atoms with Crippen molar-refractivity contribution >= 4 is 5.69 Å².